The van der Waals surface area contributed by atoms with Crippen molar-refractivity contribution in [3.05, 3.63) is 52.8 Å². The smallest absolute Gasteiger partial charge is 0.237 e. The number of amides is 1. The molecule has 3 rings (SSSR count). The topological polar surface area (TPSA) is 79.9 Å². The lowest BCUT2D eigenvalue weighted by Crippen LogP contribution is -2.23. The van der Waals surface area contributed by atoms with Gasteiger partial charge in [0, 0.05) is 5.02 Å². The summed E-state index contributed by atoms with van der Waals surface area (Å²) in [6.45, 7) is 1.54. The van der Waals surface area contributed by atoms with Gasteiger partial charge in [0.2, 0.25) is 11.1 Å². The van der Waals surface area contributed by atoms with E-state index >= 15 is 0 Å². The van der Waals surface area contributed by atoms with Crippen LogP contribution in [0.3, 0.4) is 0 Å². The van der Waals surface area contributed by atoms with E-state index in [0.717, 1.165) is 23.9 Å². The number of hydrogen-bond donors (Lipinski definition) is 2. The summed E-state index contributed by atoms with van der Waals surface area (Å²) >= 11 is 7.00. The zero-order chi connectivity index (χ0) is 21.1. The number of nitrogens with zero attached hydrogens (tertiary/aromatic N) is 2. The number of aromatic nitrogens is 3. The maximum absolute atomic E-state index is 13.7. The van der Waals surface area contributed by atoms with E-state index in [1.54, 1.807) is 18.2 Å². The molecule has 1 heterocycles. The molecule has 3 aromatic rings. The van der Waals surface area contributed by atoms with Crippen molar-refractivity contribution in [1.82, 2.24) is 15.2 Å². The van der Waals surface area contributed by atoms with Crippen molar-refractivity contribution in [3.63, 3.8) is 0 Å². The summed E-state index contributed by atoms with van der Waals surface area (Å²) < 4.78 is 45.3. The Balaban J connectivity index is 1.72. The van der Waals surface area contributed by atoms with Crippen molar-refractivity contribution < 1.29 is 22.7 Å². The number of ether oxygens (including phenoxy) is 1. The number of aromatic amines is 1. The molecule has 2 aromatic carbocycles. The Morgan fingerprint density at radius 3 is 2.72 bits per heavy atom. The third kappa shape index (κ3) is 4.65. The first kappa shape index (κ1) is 21.0. The van der Waals surface area contributed by atoms with Gasteiger partial charge < -0.3 is 10.1 Å². The third-order valence-corrected chi connectivity index (χ3v) is 5.02. The number of carbonyl (C=O) groups is 1. The highest BCUT2D eigenvalue weighted by Crippen LogP contribution is 2.32. The first-order valence-electron chi connectivity index (χ1n) is 8.17. The maximum atomic E-state index is 13.7. The fourth-order valence-electron chi connectivity index (χ4n) is 2.35. The van der Waals surface area contributed by atoms with Crippen molar-refractivity contribution in [3.8, 4) is 17.1 Å². The Bertz CT molecular complexity index is 1060. The van der Waals surface area contributed by atoms with E-state index in [9.17, 15) is 18.0 Å². The highest BCUT2D eigenvalue weighted by molar-refractivity contribution is 8.00. The summed E-state index contributed by atoms with van der Waals surface area (Å²) in [6.07, 6.45) is 0. The van der Waals surface area contributed by atoms with E-state index in [1.807, 2.05) is 0 Å². The molecule has 152 valence electrons. The standard InChI is InChI=1S/C18H14ClF3N4O2S/c1-8(17(27)23-12-5-4-11(20)14(21)15(12)22)29-18-24-16(25-26-18)10-7-9(19)3-6-13(10)28-2/h3-8H,1-2H3,(H,23,27)(H,24,25,26)/t8-/m1/s1. The van der Waals surface area contributed by atoms with Crippen LogP contribution >= 0.6 is 23.4 Å². The minimum Gasteiger partial charge on any atom is -0.496 e. The van der Waals surface area contributed by atoms with Crippen LogP contribution in [0.2, 0.25) is 5.02 Å². The summed E-state index contributed by atoms with van der Waals surface area (Å²) in [5, 5.41) is 8.96. The van der Waals surface area contributed by atoms with Gasteiger partial charge in [-0.1, -0.05) is 23.4 Å². The molecule has 0 aliphatic carbocycles. The highest BCUT2D eigenvalue weighted by atomic mass is 35.5. The first-order chi connectivity index (χ1) is 13.8. The molecule has 11 heteroatoms. The molecule has 0 saturated heterocycles. The van der Waals surface area contributed by atoms with E-state index in [-0.39, 0.29) is 5.16 Å². The summed E-state index contributed by atoms with van der Waals surface area (Å²) in [5.74, 6) is -4.19. The van der Waals surface area contributed by atoms with Crippen molar-refractivity contribution in [1.29, 1.82) is 0 Å². The highest BCUT2D eigenvalue weighted by Gasteiger charge is 2.21. The van der Waals surface area contributed by atoms with Crippen molar-refractivity contribution in [2.75, 3.05) is 12.4 Å². The Morgan fingerprint density at radius 1 is 1.24 bits per heavy atom. The van der Waals surface area contributed by atoms with Gasteiger partial charge in [-0.3, -0.25) is 9.89 Å². The Morgan fingerprint density at radius 2 is 2.00 bits per heavy atom. The second-order valence-corrected chi connectivity index (χ2v) is 7.53. The fraction of sp³-hybridized carbons (Fsp3) is 0.167. The quantitative estimate of drug-likeness (QED) is 0.428. The van der Waals surface area contributed by atoms with E-state index in [1.165, 1.54) is 14.0 Å². The van der Waals surface area contributed by atoms with E-state index in [2.05, 4.69) is 20.5 Å². The predicted octanol–water partition coefficient (Wildman–Crippen LogP) is 4.67. The molecule has 29 heavy (non-hydrogen) atoms. The van der Waals surface area contributed by atoms with Crippen LogP contribution in [0.4, 0.5) is 18.9 Å². The van der Waals surface area contributed by atoms with E-state index in [0.29, 0.717) is 22.2 Å². The minimum atomic E-state index is -1.66. The van der Waals surface area contributed by atoms with Gasteiger partial charge >= 0.3 is 0 Å². The van der Waals surface area contributed by atoms with Gasteiger partial charge in [-0.15, -0.1) is 5.10 Å². The van der Waals surface area contributed by atoms with Crippen LogP contribution in [0, 0.1) is 17.5 Å². The molecule has 1 amide bonds. The van der Waals surface area contributed by atoms with Crippen molar-refractivity contribution >= 4 is 35.0 Å². The minimum absolute atomic E-state index is 0.246. The van der Waals surface area contributed by atoms with Crippen LogP contribution in [0.1, 0.15) is 6.92 Å². The number of thioether (sulfide) groups is 1. The predicted molar refractivity (Wildman–Crippen MR) is 104 cm³/mol. The molecular formula is C18H14ClF3N4O2S. The van der Waals surface area contributed by atoms with Gasteiger partial charge in [-0.05, 0) is 37.3 Å². The maximum Gasteiger partial charge on any atom is 0.237 e. The van der Waals surface area contributed by atoms with E-state index < -0.39 is 34.3 Å². The molecule has 0 bridgehead atoms. The Hall–Kier alpha value is -2.72. The van der Waals surface area contributed by atoms with E-state index in [4.69, 9.17) is 16.3 Å². The molecule has 0 saturated carbocycles. The number of halogens is 4. The van der Waals surface area contributed by atoms with Gasteiger partial charge in [-0.2, -0.15) is 0 Å². The number of methoxy groups -OCH3 is 1. The lowest BCUT2D eigenvalue weighted by atomic mass is 10.2. The zero-order valence-electron chi connectivity index (χ0n) is 15.1. The van der Waals surface area contributed by atoms with Crippen molar-refractivity contribution in [2.45, 2.75) is 17.3 Å². The molecule has 6 nitrogen and oxygen atoms in total. The van der Waals surface area contributed by atoms with Gasteiger partial charge in [0.15, 0.2) is 23.3 Å². The number of benzene rings is 2. The molecule has 1 atom stereocenters. The van der Waals surface area contributed by atoms with Crippen LogP contribution in [-0.2, 0) is 4.79 Å². The third-order valence-electron chi connectivity index (χ3n) is 3.83. The second-order valence-electron chi connectivity index (χ2n) is 5.78. The Kier molecular flexibility index (Phi) is 6.33. The molecule has 0 radical (unpaired) electrons. The number of H-pyrrole nitrogens is 1. The van der Waals surface area contributed by atoms with Crippen LogP contribution in [0.25, 0.3) is 11.4 Å². The average Bonchev–Trinajstić information content (AvgIpc) is 3.16. The largest absolute Gasteiger partial charge is 0.496 e. The van der Waals surface area contributed by atoms with Crippen LogP contribution in [0.5, 0.6) is 5.75 Å². The number of hydrogen-bond acceptors (Lipinski definition) is 5. The normalized spacial score (nSPS) is 11.9. The van der Waals surface area contributed by atoms with Gasteiger partial charge in [-0.25, -0.2) is 18.2 Å². The van der Waals surface area contributed by atoms with Crippen molar-refractivity contribution in [2.24, 2.45) is 0 Å². The van der Waals surface area contributed by atoms with Crippen LogP contribution in [0.15, 0.2) is 35.5 Å². The van der Waals surface area contributed by atoms with Gasteiger partial charge in [0.05, 0.1) is 23.6 Å². The number of nitrogens with one attached hydrogen (secondary N) is 2. The summed E-state index contributed by atoms with van der Waals surface area (Å²) in [7, 11) is 1.50. The summed E-state index contributed by atoms with van der Waals surface area (Å²) in [5.41, 5.74) is 0.126. The molecule has 0 fully saturated rings. The lowest BCUT2D eigenvalue weighted by Gasteiger charge is -2.11. The molecular weight excluding hydrogens is 429 g/mol. The van der Waals surface area contributed by atoms with Gasteiger partial charge in [0.1, 0.15) is 5.75 Å². The molecule has 2 N–H and O–H groups in total. The number of anilines is 1. The van der Waals surface area contributed by atoms with Crippen LogP contribution < -0.4 is 10.1 Å². The molecule has 1 aromatic heterocycles. The zero-order valence-corrected chi connectivity index (χ0v) is 16.7. The number of rotatable bonds is 6. The Labute approximate surface area is 172 Å². The summed E-state index contributed by atoms with van der Waals surface area (Å²) in [6, 6.07) is 6.67. The lowest BCUT2D eigenvalue weighted by molar-refractivity contribution is -0.115. The SMILES string of the molecule is COc1ccc(Cl)cc1-c1nc(S[C@H](C)C(=O)Nc2ccc(F)c(F)c2F)n[nH]1. The van der Waals surface area contributed by atoms with Crippen LogP contribution in [-0.4, -0.2) is 33.4 Å². The van der Waals surface area contributed by atoms with Gasteiger partial charge in [0.25, 0.3) is 0 Å². The fourth-order valence-corrected chi connectivity index (χ4v) is 3.25. The second kappa shape index (κ2) is 8.75. The molecule has 0 unspecified atom stereocenters. The monoisotopic (exact) mass is 442 g/mol. The molecule has 0 spiro atoms. The first-order valence-corrected chi connectivity index (χ1v) is 9.43. The molecule has 0 aliphatic heterocycles. The summed E-state index contributed by atoms with van der Waals surface area (Å²) in [4.78, 5) is 16.6. The molecule has 0 aliphatic rings. The average molecular weight is 443 g/mol. The number of carbonyl (C=O) groups excluding carboxylic acids is 1.